The SMILES string of the molecule is NC1CCCCCC1c1ccc([N+](=O)[O-])cc1. The van der Waals surface area contributed by atoms with Crippen molar-refractivity contribution in [2.24, 2.45) is 5.73 Å². The number of hydrogen-bond donors (Lipinski definition) is 1. The highest BCUT2D eigenvalue weighted by Crippen LogP contribution is 2.31. The Morgan fingerprint density at radius 3 is 2.41 bits per heavy atom. The molecule has 0 saturated heterocycles. The molecule has 1 fully saturated rings. The fourth-order valence-corrected chi connectivity index (χ4v) is 2.59. The first-order valence-electron chi connectivity index (χ1n) is 6.18. The number of nitrogens with zero attached hydrogens (tertiary/aromatic N) is 1. The standard InChI is InChI=1S/C13H18N2O2/c14-13-5-3-1-2-4-12(13)10-6-8-11(9-7-10)15(16)17/h6-9,12-13H,1-5,14H2. The van der Waals surface area contributed by atoms with E-state index in [0.29, 0.717) is 5.92 Å². The Morgan fingerprint density at radius 1 is 1.12 bits per heavy atom. The highest BCUT2D eigenvalue weighted by atomic mass is 16.6. The number of benzene rings is 1. The van der Waals surface area contributed by atoms with Gasteiger partial charge in [0, 0.05) is 18.2 Å². The van der Waals surface area contributed by atoms with Crippen molar-refractivity contribution in [2.45, 2.75) is 44.1 Å². The first-order chi connectivity index (χ1) is 8.18. The highest BCUT2D eigenvalue weighted by molar-refractivity contribution is 5.35. The molecule has 17 heavy (non-hydrogen) atoms. The fraction of sp³-hybridized carbons (Fsp3) is 0.538. The lowest BCUT2D eigenvalue weighted by Gasteiger charge is -2.21. The number of non-ortho nitro benzene ring substituents is 1. The van der Waals surface area contributed by atoms with E-state index in [4.69, 9.17) is 5.73 Å². The van der Waals surface area contributed by atoms with Crippen molar-refractivity contribution in [2.75, 3.05) is 0 Å². The molecule has 2 rings (SSSR count). The maximum atomic E-state index is 10.6. The van der Waals surface area contributed by atoms with E-state index in [2.05, 4.69) is 0 Å². The molecular weight excluding hydrogens is 216 g/mol. The lowest BCUT2D eigenvalue weighted by atomic mass is 9.88. The number of hydrogen-bond acceptors (Lipinski definition) is 3. The Balaban J connectivity index is 2.17. The zero-order valence-corrected chi connectivity index (χ0v) is 9.84. The maximum Gasteiger partial charge on any atom is 0.269 e. The smallest absolute Gasteiger partial charge is 0.269 e. The summed E-state index contributed by atoms with van der Waals surface area (Å²) in [6, 6.07) is 7.06. The van der Waals surface area contributed by atoms with Gasteiger partial charge in [0.1, 0.15) is 0 Å². The summed E-state index contributed by atoms with van der Waals surface area (Å²) in [5.74, 6) is 0.360. The summed E-state index contributed by atoms with van der Waals surface area (Å²) < 4.78 is 0. The molecule has 1 aromatic carbocycles. The van der Waals surface area contributed by atoms with Crippen LogP contribution < -0.4 is 5.73 Å². The molecule has 0 spiro atoms. The predicted molar refractivity (Wildman–Crippen MR) is 66.9 cm³/mol. The van der Waals surface area contributed by atoms with Crippen LogP contribution in [0.1, 0.15) is 43.6 Å². The van der Waals surface area contributed by atoms with Crippen LogP contribution in [0.5, 0.6) is 0 Å². The lowest BCUT2D eigenvalue weighted by Crippen LogP contribution is -2.27. The first-order valence-corrected chi connectivity index (χ1v) is 6.18. The van der Waals surface area contributed by atoms with E-state index in [1.54, 1.807) is 12.1 Å². The van der Waals surface area contributed by atoms with Crippen LogP contribution >= 0.6 is 0 Å². The van der Waals surface area contributed by atoms with Crippen LogP contribution in [-0.4, -0.2) is 11.0 Å². The van der Waals surface area contributed by atoms with Crippen LogP contribution in [0.4, 0.5) is 5.69 Å². The number of nitro groups is 1. The van der Waals surface area contributed by atoms with E-state index in [-0.39, 0.29) is 16.7 Å². The maximum absolute atomic E-state index is 10.6. The van der Waals surface area contributed by atoms with Crippen molar-refractivity contribution in [3.63, 3.8) is 0 Å². The summed E-state index contributed by atoms with van der Waals surface area (Å²) >= 11 is 0. The largest absolute Gasteiger partial charge is 0.327 e. The molecule has 2 N–H and O–H groups in total. The second-order valence-electron chi connectivity index (χ2n) is 4.76. The molecule has 0 aliphatic heterocycles. The van der Waals surface area contributed by atoms with Crippen molar-refractivity contribution >= 4 is 5.69 Å². The van der Waals surface area contributed by atoms with Gasteiger partial charge in [0.15, 0.2) is 0 Å². The lowest BCUT2D eigenvalue weighted by molar-refractivity contribution is -0.384. The van der Waals surface area contributed by atoms with Gasteiger partial charge in [-0.05, 0) is 24.3 Å². The Hall–Kier alpha value is -1.42. The second kappa shape index (κ2) is 5.27. The molecule has 1 aliphatic rings. The molecular formula is C13H18N2O2. The number of rotatable bonds is 2. The summed E-state index contributed by atoms with van der Waals surface area (Å²) in [6.07, 6.45) is 5.80. The number of nitrogens with two attached hydrogens (primary N) is 1. The monoisotopic (exact) mass is 234 g/mol. The molecule has 1 aliphatic carbocycles. The minimum Gasteiger partial charge on any atom is -0.327 e. The predicted octanol–water partition coefficient (Wildman–Crippen LogP) is 2.97. The summed E-state index contributed by atoms with van der Waals surface area (Å²) in [5, 5.41) is 10.6. The zero-order valence-electron chi connectivity index (χ0n) is 9.84. The van der Waals surface area contributed by atoms with Crippen molar-refractivity contribution in [1.29, 1.82) is 0 Å². The van der Waals surface area contributed by atoms with Crippen LogP contribution in [0.3, 0.4) is 0 Å². The van der Waals surface area contributed by atoms with Crippen molar-refractivity contribution in [3.8, 4) is 0 Å². The molecule has 1 saturated carbocycles. The van der Waals surface area contributed by atoms with Gasteiger partial charge in [0.25, 0.3) is 5.69 Å². The third kappa shape index (κ3) is 2.82. The minimum absolute atomic E-state index is 0.149. The van der Waals surface area contributed by atoms with Gasteiger partial charge in [-0.2, -0.15) is 0 Å². The quantitative estimate of drug-likeness (QED) is 0.486. The highest BCUT2D eigenvalue weighted by Gasteiger charge is 2.22. The van der Waals surface area contributed by atoms with Crippen molar-refractivity contribution in [3.05, 3.63) is 39.9 Å². The molecule has 2 atom stereocenters. The van der Waals surface area contributed by atoms with E-state index in [9.17, 15) is 10.1 Å². The molecule has 92 valence electrons. The Labute approximate surface area is 101 Å². The molecule has 1 aromatic rings. The van der Waals surface area contributed by atoms with Crippen molar-refractivity contribution in [1.82, 2.24) is 0 Å². The summed E-state index contributed by atoms with van der Waals surface area (Å²) in [7, 11) is 0. The van der Waals surface area contributed by atoms with Crippen molar-refractivity contribution < 1.29 is 4.92 Å². The second-order valence-corrected chi connectivity index (χ2v) is 4.76. The van der Waals surface area contributed by atoms with E-state index < -0.39 is 0 Å². The van der Waals surface area contributed by atoms with E-state index >= 15 is 0 Å². The Bertz CT molecular complexity index is 389. The van der Waals surface area contributed by atoms with Gasteiger partial charge in [-0.3, -0.25) is 10.1 Å². The van der Waals surface area contributed by atoms with Gasteiger partial charge in [0.05, 0.1) is 4.92 Å². The average Bonchev–Trinajstić information content (AvgIpc) is 2.54. The molecule has 0 heterocycles. The van der Waals surface area contributed by atoms with Crippen LogP contribution in [-0.2, 0) is 0 Å². The van der Waals surface area contributed by atoms with Gasteiger partial charge >= 0.3 is 0 Å². The molecule has 0 radical (unpaired) electrons. The van der Waals surface area contributed by atoms with E-state index in [1.165, 1.54) is 19.3 Å². The van der Waals surface area contributed by atoms with Gasteiger partial charge < -0.3 is 5.73 Å². The van der Waals surface area contributed by atoms with Crippen LogP contribution in [0.25, 0.3) is 0 Å². The Morgan fingerprint density at radius 2 is 1.76 bits per heavy atom. The number of nitro benzene ring substituents is 1. The van der Waals surface area contributed by atoms with Gasteiger partial charge in [-0.25, -0.2) is 0 Å². The van der Waals surface area contributed by atoms with Crippen LogP contribution in [0, 0.1) is 10.1 Å². The van der Waals surface area contributed by atoms with E-state index in [1.807, 2.05) is 12.1 Å². The third-order valence-electron chi connectivity index (χ3n) is 3.60. The third-order valence-corrected chi connectivity index (χ3v) is 3.60. The molecule has 4 heteroatoms. The normalized spacial score (nSPS) is 25.2. The van der Waals surface area contributed by atoms with Gasteiger partial charge in [0.2, 0.25) is 0 Å². The molecule has 2 unspecified atom stereocenters. The topological polar surface area (TPSA) is 69.2 Å². The molecule has 0 aromatic heterocycles. The Kier molecular flexibility index (Phi) is 3.74. The molecule has 0 bridgehead atoms. The average molecular weight is 234 g/mol. The van der Waals surface area contributed by atoms with Gasteiger partial charge in [-0.1, -0.05) is 31.4 Å². The fourth-order valence-electron chi connectivity index (χ4n) is 2.59. The van der Waals surface area contributed by atoms with Crippen LogP contribution in [0.15, 0.2) is 24.3 Å². The summed E-state index contributed by atoms with van der Waals surface area (Å²) in [4.78, 5) is 10.2. The minimum atomic E-state index is -0.364. The summed E-state index contributed by atoms with van der Waals surface area (Å²) in [5.41, 5.74) is 7.47. The molecule has 0 amide bonds. The first kappa shape index (κ1) is 12.0. The zero-order chi connectivity index (χ0) is 12.3. The van der Waals surface area contributed by atoms with Gasteiger partial charge in [-0.15, -0.1) is 0 Å². The van der Waals surface area contributed by atoms with E-state index in [0.717, 1.165) is 18.4 Å². The summed E-state index contributed by atoms with van der Waals surface area (Å²) in [6.45, 7) is 0. The molecule has 4 nitrogen and oxygen atoms in total. The van der Waals surface area contributed by atoms with Crippen LogP contribution in [0.2, 0.25) is 0 Å².